The highest BCUT2D eigenvalue weighted by atomic mass is 35.5. The zero-order chi connectivity index (χ0) is 21.4. The fourth-order valence-electron chi connectivity index (χ4n) is 3.37. The Morgan fingerprint density at radius 2 is 1.69 bits per heavy atom. The van der Waals surface area contributed by atoms with Gasteiger partial charge >= 0.3 is 6.18 Å². The number of rotatable bonds is 5. The summed E-state index contributed by atoms with van der Waals surface area (Å²) in [6, 6.07) is 13.1. The SMILES string of the molecule is CC(c1ccccc1)n1cc(C(O)(C(C)c2ccc(Cl)cc2Cl)C(F)(F)F)cn1. The minimum atomic E-state index is -4.96. The van der Waals surface area contributed by atoms with Crippen molar-refractivity contribution in [2.45, 2.75) is 37.6 Å². The second kappa shape index (κ2) is 8.01. The third-order valence-corrected chi connectivity index (χ3v) is 5.77. The van der Waals surface area contributed by atoms with Crippen LogP contribution in [-0.2, 0) is 5.60 Å². The van der Waals surface area contributed by atoms with Gasteiger partial charge in [0.1, 0.15) is 0 Å². The van der Waals surface area contributed by atoms with E-state index in [1.807, 2.05) is 37.3 Å². The lowest BCUT2D eigenvalue weighted by atomic mass is 9.79. The van der Waals surface area contributed by atoms with Crippen molar-refractivity contribution in [3.8, 4) is 0 Å². The van der Waals surface area contributed by atoms with Crippen LogP contribution < -0.4 is 0 Å². The summed E-state index contributed by atoms with van der Waals surface area (Å²) >= 11 is 12.0. The monoisotopic (exact) mass is 442 g/mol. The number of hydrogen-bond acceptors (Lipinski definition) is 2. The van der Waals surface area contributed by atoms with Crippen molar-refractivity contribution in [1.29, 1.82) is 0 Å². The summed E-state index contributed by atoms with van der Waals surface area (Å²) in [6.07, 6.45) is -2.68. The Balaban J connectivity index is 2.05. The van der Waals surface area contributed by atoms with E-state index in [4.69, 9.17) is 23.2 Å². The second-order valence-electron chi connectivity index (χ2n) is 6.95. The number of aromatic nitrogens is 2. The molecular weight excluding hydrogens is 424 g/mol. The number of halogens is 5. The molecule has 0 radical (unpaired) electrons. The van der Waals surface area contributed by atoms with E-state index >= 15 is 0 Å². The van der Waals surface area contributed by atoms with Gasteiger partial charge in [0, 0.05) is 27.7 Å². The molecular formula is C21H19Cl2F3N2O. The van der Waals surface area contributed by atoms with Crippen LogP contribution in [0.25, 0.3) is 0 Å². The summed E-state index contributed by atoms with van der Waals surface area (Å²) in [5.41, 5.74) is -2.52. The quantitative estimate of drug-likeness (QED) is 0.499. The molecule has 3 aromatic rings. The van der Waals surface area contributed by atoms with Crippen LogP contribution in [0.2, 0.25) is 10.0 Å². The van der Waals surface area contributed by atoms with E-state index in [0.29, 0.717) is 5.02 Å². The molecule has 3 nitrogen and oxygen atoms in total. The first-order valence-electron chi connectivity index (χ1n) is 8.89. The first kappa shape index (κ1) is 21.7. The largest absolute Gasteiger partial charge is 0.422 e. The molecule has 0 aliphatic heterocycles. The van der Waals surface area contributed by atoms with Crippen LogP contribution in [0.5, 0.6) is 0 Å². The molecule has 0 aliphatic rings. The molecule has 1 heterocycles. The van der Waals surface area contributed by atoms with E-state index in [-0.39, 0.29) is 22.2 Å². The maximum absolute atomic E-state index is 14.1. The van der Waals surface area contributed by atoms with Crippen LogP contribution >= 0.6 is 23.2 Å². The van der Waals surface area contributed by atoms with E-state index < -0.39 is 17.7 Å². The van der Waals surface area contributed by atoms with E-state index in [0.717, 1.165) is 11.8 Å². The van der Waals surface area contributed by atoms with Gasteiger partial charge in [0.15, 0.2) is 5.60 Å². The minimum absolute atomic E-state index is 0.0534. The molecule has 1 N–H and O–H groups in total. The normalized spacial score (nSPS) is 16.3. The fourth-order valence-corrected chi connectivity index (χ4v) is 3.94. The average Bonchev–Trinajstić information content (AvgIpc) is 3.16. The van der Waals surface area contributed by atoms with Crippen molar-refractivity contribution in [3.05, 3.63) is 87.7 Å². The van der Waals surface area contributed by atoms with Gasteiger partial charge in [-0.3, -0.25) is 4.68 Å². The van der Waals surface area contributed by atoms with Gasteiger partial charge in [-0.1, -0.05) is 66.5 Å². The van der Waals surface area contributed by atoms with Crippen LogP contribution in [0.3, 0.4) is 0 Å². The Morgan fingerprint density at radius 3 is 2.28 bits per heavy atom. The smallest absolute Gasteiger partial charge is 0.376 e. The van der Waals surface area contributed by atoms with E-state index in [9.17, 15) is 18.3 Å². The number of nitrogens with zero attached hydrogens (tertiary/aromatic N) is 2. The predicted molar refractivity (Wildman–Crippen MR) is 107 cm³/mol. The highest BCUT2D eigenvalue weighted by molar-refractivity contribution is 6.35. The Morgan fingerprint density at radius 1 is 1.03 bits per heavy atom. The molecule has 0 aliphatic carbocycles. The average molecular weight is 443 g/mol. The molecule has 0 fully saturated rings. The maximum Gasteiger partial charge on any atom is 0.422 e. The zero-order valence-electron chi connectivity index (χ0n) is 15.7. The molecule has 0 saturated carbocycles. The Hall–Kier alpha value is -2.02. The zero-order valence-corrected chi connectivity index (χ0v) is 17.2. The van der Waals surface area contributed by atoms with Crippen molar-refractivity contribution in [3.63, 3.8) is 0 Å². The van der Waals surface area contributed by atoms with Gasteiger partial charge in [0.25, 0.3) is 0 Å². The standard InChI is InChI=1S/C21H19Cl2F3N2O/c1-13(18-9-8-17(22)10-19(18)23)20(29,21(24,25)26)16-11-27-28(12-16)14(2)15-6-4-3-5-7-15/h3-14,29H,1-2H3. The maximum atomic E-state index is 14.1. The summed E-state index contributed by atoms with van der Waals surface area (Å²) in [4.78, 5) is 0. The summed E-state index contributed by atoms with van der Waals surface area (Å²) in [6.45, 7) is 3.10. The molecule has 3 rings (SSSR count). The lowest BCUT2D eigenvalue weighted by Crippen LogP contribution is -2.46. The van der Waals surface area contributed by atoms with Gasteiger partial charge < -0.3 is 5.11 Å². The van der Waals surface area contributed by atoms with Gasteiger partial charge in [0.05, 0.1) is 12.2 Å². The van der Waals surface area contributed by atoms with Gasteiger partial charge in [0.2, 0.25) is 0 Å². The second-order valence-corrected chi connectivity index (χ2v) is 7.79. The van der Waals surface area contributed by atoms with Crippen LogP contribution in [0.15, 0.2) is 60.9 Å². The van der Waals surface area contributed by atoms with Gasteiger partial charge in [-0.25, -0.2) is 0 Å². The van der Waals surface area contributed by atoms with E-state index in [1.165, 1.54) is 36.0 Å². The summed E-state index contributed by atoms with van der Waals surface area (Å²) in [7, 11) is 0. The summed E-state index contributed by atoms with van der Waals surface area (Å²) in [5.74, 6) is -1.39. The lowest BCUT2D eigenvalue weighted by Gasteiger charge is -2.35. The molecule has 29 heavy (non-hydrogen) atoms. The molecule has 3 unspecified atom stereocenters. The van der Waals surface area contributed by atoms with Crippen molar-refractivity contribution in [2.24, 2.45) is 0 Å². The Bertz CT molecular complexity index is 991. The molecule has 1 aromatic heterocycles. The molecule has 0 spiro atoms. The third-order valence-electron chi connectivity index (χ3n) is 5.21. The summed E-state index contributed by atoms with van der Waals surface area (Å²) in [5, 5.41) is 15.4. The molecule has 154 valence electrons. The van der Waals surface area contributed by atoms with E-state index in [2.05, 4.69) is 5.10 Å². The van der Waals surface area contributed by atoms with Gasteiger partial charge in [-0.05, 0) is 30.2 Å². The lowest BCUT2D eigenvalue weighted by molar-refractivity contribution is -0.274. The van der Waals surface area contributed by atoms with Crippen molar-refractivity contribution in [1.82, 2.24) is 9.78 Å². The number of alkyl halides is 3. The Kier molecular flexibility index (Phi) is 5.99. The molecule has 0 saturated heterocycles. The molecule has 2 aromatic carbocycles. The predicted octanol–water partition coefficient (Wildman–Crippen LogP) is 6.35. The van der Waals surface area contributed by atoms with Crippen molar-refractivity contribution >= 4 is 23.2 Å². The van der Waals surface area contributed by atoms with Crippen LogP contribution in [0, 0.1) is 0 Å². The highest BCUT2D eigenvalue weighted by Crippen LogP contribution is 2.50. The van der Waals surface area contributed by atoms with Crippen LogP contribution in [-0.4, -0.2) is 21.1 Å². The van der Waals surface area contributed by atoms with Crippen molar-refractivity contribution < 1.29 is 18.3 Å². The first-order valence-corrected chi connectivity index (χ1v) is 9.65. The first-order chi connectivity index (χ1) is 13.6. The number of aliphatic hydroxyl groups is 1. The summed E-state index contributed by atoms with van der Waals surface area (Å²) < 4.78 is 43.7. The van der Waals surface area contributed by atoms with Crippen LogP contribution in [0.4, 0.5) is 13.2 Å². The number of hydrogen-bond donors (Lipinski definition) is 1. The van der Waals surface area contributed by atoms with Crippen LogP contribution in [0.1, 0.15) is 42.5 Å². The fraction of sp³-hybridized carbons (Fsp3) is 0.286. The van der Waals surface area contributed by atoms with Crippen molar-refractivity contribution in [2.75, 3.05) is 0 Å². The molecule has 8 heteroatoms. The third kappa shape index (κ3) is 4.02. The molecule has 0 amide bonds. The number of benzene rings is 2. The topological polar surface area (TPSA) is 38.0 Å². The molecule has 3 atom stereocenters. The minimum Gasteiger partial charge on any atom is -0.376 e. The van der Waals surface area contributed by atoms with Gasteiger partial charge in [-0.15, -0.1) is 0 Å². The Labute approximate surface area is 176 Å². The highest BCUT2D eigenvalue weighted by Gasteiger charge is 2.59. The van der Waals surface area contributed by atoms with Gasteiger partial charge in [-0.2, -0.15) is 18.3 Å². The van der Waals surface area contributed by atoms with E-state index in [1.54, 1.807) is 0 Å². The molecule has 0 bridgehead atoms.